The van der Waals surface area contributed by atoms with E-state index in [4.69, 9.17) is 13.8 Å². The number of likely N-dealkylation sites (tertiary alicyclic amines) is 2. The number of aliphatic hydroxyl groups is 1. The lowest BCUT2D eigenvalue weighted by Crippen LogP contribution is -2.50. The largest absolute Gasteiger partial charge is 0.443 e. The molecule has 3 heterocycles. The molecule has 1 aromatic carbocycles. The number of hydrogen-bond acceptors (Lipinski definition) is 8. The van der Waals surface area contributed by atoms with Gasteiger partial charge >= 0.3 is 13.7 Å². The van der Waals surface area contributed by atoms with Crippen molar-refractivity contribution in [2.24, 2.45) is 5.92 Å². The molecule has 11 heteroatoms. The number of hydrogen-bond donors (Lipinski definition) is 1. The molecular formula is C32H54N3O7P. The van der Waals surface area contributed by atoms with E-state index >= 15 is 0 Å². The van der Waals surface area contributed by atoms with Crippen LogP contribution in [-0.4, -0.2) is 97.3 Å². The van der Waals surface area contributed by atoms with E-state index in [1.54, 1.807) is 23.6 Å². The number of β-amino-alcohol motifs (C(OH)–C–C–N with tert-alkyl or cyclic N) is 1. The van der Waals surface area contributed by atoms with Crippen LogP contribution < -0.4 is 4.90 Å². The van der Waals surface area contributed by atoms with Gasteiger partial charge in [0.15, 0.2) is 0 Å². The molecule has 1 aromatic rings. The normalized spacial score (nSPS) is 19.9. The molecule has 0 aromatic heterocycles. The number of ether oxygens (including phenoxy) is 1. The van der Waals surface area contributed by atoms with Crippen LogP contribution in [0, 0.1) is 5.92 Å². The molecule has 1 atom stereocenters. The Balaban J connectivity index is 0.00000248. The van der Waals surface area contributed by atoms with Crippen molar-refractivity contribution in [3.63, 3.8) is 0 Å². The minimum atomic E-state index is -3.43. The van der Waals surface area contributed by atoms with Crippen molar-refractivity contribution in [1.29, 1.82) is 0 Å². The average molecular weight is 624 g/mol. The third kappa shape index (κ3) is 9.04. The molecule has 0 radical (unpaired) electrons. The molecule has 3 aliphatic rings. The van der Waals surface area contributed by atoms with E-state index < -0.39 is 19.3 Å². The zero-order chi connectivity index (χ0) is 31.8. The van der Waals surface area contributed by atoms with Gasteiger partial charge in [-0.2, -0.15) is 0 Å². The van der Waals surface area contributed by atoms with Gasteiger partial charge in [-0.3, -0.25) is 14.3 Å². The minimum Gasteiger partial charge on any atom is -0.443 e. The molecule has 2 saturated heterocycles. The van der Waals surface area contributed by atoms with Crippen LogP contribution in [0.15, 0.2) is 24.3 Å². The Kier molecular flexibility index (Phi) is 12.7. The highest BCUT2D eigenvalue weighted by Gasteiger charge is 2.47. The summed E-state index contributed by atoms with van der Waals surface area (Å²) in [6.07, 6.45) is 2.20. The SMILES string of the molecule is CC.CCOP(=O)(CC(=O)N1CCC(C(O)CN2CCC3(CC2)CN(C(=O)OC(C)(C)C)c2ccccc23)CC1)OCC. The van der Waals surface area contributed by atoms with E-state index in [1.807, 2.05) is 52.8 Å². The maximum Gasteiger partial charge on any atom is 0.414 e. The molecule has 244 valence electrons. The van der Waals surface area contributed by atoms with Gasteiger partial charge in [0, 0.05) is 31.6 Å². The predicted molar refractivity (Wildman–Crippen MR) is 170 cm³/mol. The van der Waals surface area contributed by atoms with Crippen molar-refractivity contribution in [2.75, 3.05) is 63.5 Å². The molecule has 0 saturated carbocycles. The van der Waals surface area contributed by atoms with Crippen molar-refractivity contribution >= 4 is 25.3 Å². The summed E-state index contributed by atoms with van der Waals surface area (Å²) in [5.41, 5.74) is 1.49. The molecule has 0 bridgehead atoms. The highest BCUT2D eigenvalue weighted by Crippen LogP contribution is 2.49. The molecule has 3 aliphatic heterocycles. The van der Waals surface area contributed by atoms with Crippen LogP contribution >= 0.6 is 7.60 Å². The lowest BCUT2D eigenvalue weighted by molar-refractivity contribution is -0.130. The fourth-order valence-corrected chi connectivity index (χ4v) is 8.01. The third-order valence-corrected chi connectivity index (χ3v) is 10.5. The van der Waals surface area contributed by atoms with Gasteiger partial charge in [0.25, 0.3) is 0 Å². The maximum absolute atomic E-state index is 13.0. The highest BCUT2D eigenvalue weighted by molar-refractivity contribution is 7.54. The average Bonchev–Trinajstić information content (AvgIpc) is 3.29. The van der Waals surface area contributed by atoms with Crippen molar-refractivity contribution in [1.82, 2.24) is 9.80 Å². The van der Waals surface area contributed by atoms with E-state index in [0.29, 0.717) is 39.0 Å². The number of para-hydroxylation sites is 1. The van der Waals surface area contributed by atoms with Crippen LogP contribution in [0.25, 0.3) is 0 Å². The first-order valence-electron chi connectivity index (χ1n) is 16.0. The Morgan fingerprint density at radius 2 is 1.60 bits per heavy atom. The first kappa shape index (κ1) is 35.5. The van der Waals surface area contributed by atoms with Crippen molar-refractivity contribution in [3.05, 3.63) is 29.8 Å². The number of anilines is 1. The van der Waals surface area contributed by atoms with Gasteiger partial charge in [-0.25, -0.2) is 4.79 Å². The van der Waals surface area contributed by atoms with E-state index in [2.05, 4.69) is 11.0 Å². The summed E-state index contributed by atoms with van der Waals surface area (Å²) in [4.78, 5) is 31.7. The lowest BCUT2D eigenvalue weighted by atomic mass is 9.74. The molecule has 0 aliphatic carbocycles. The van der Waals surface area contributed by atoms with Gasteiger partial charge < -0.3 is 28.7 Å². The summed E-state index contributed by atoms with van der Waals surface area (Å²) in [5, 5.41) is 11.1. The zero-order valence-electron chi connectivity index (χ0n) is 27.3. The number of piperidine rings is 2. The van der Waals surface area contributed by atoms with Gasteiger partial charge in [0.1, 0.15) is 11.8 Å². The number of nitrogens with zero attached hydrogens (tertiary/aromatic N) is 3. The summed E-state index contributed by atoms with van der Waals surface area (Å²) in [6, 6.07) is 8.16. The summed E-state index contributed by atoms with van der Waals surface area (Å²) in [5.74, 6) is -0.114. The van der Waals surface area contributed by atoms with Crippen LogP contribution in [0.4, 0.5) is 10.5 Å². The Labute approximate surface area is 258 Å². The smallest absolute Gasteiger partial charge is 0.414 e. The Bertz CT molecular complexity index is 1100. The summed E-state index contributed by atoms with van der Waals surface area (Å²) < 4.78 is 29.0. The van der Waals surface area contributed by atoms with E-state index in [9.17, 15) is 19.3 Å². The summed E-state index contributed by atoms with van der Waals surface area (Å²) in [7, 11) is -3.43. The molecule has 4 rings (SSSR count). The van der Waals surface area contributed by atoms with Crippen molar-refractivity contribution in [3.8, 4) is 0 Å². The standard InChI is InChI=1S/C30H48N3O7P.C2H6/c1-6-38-41(37,39-7-2)21-27(35)32-16-12-23(13-17-32)26(34)20-31-18-14-30(15-19-31)22-33(28(36)40-29(3,4)5)25-11-9-8-10-24(25)30;1-2/h8-11,23,26,34H,6-7,12-22H2,1-5H3;1-2H3. The van der Waals surface area contributed by atoms with Crippen molar-refractivity contribution < 1.29 is 33.0 Å². The first-order chi connectivity index (χ1) is 20.4. The van der Waals surface area contributed by atoms with Gasteiger partial charge in [0.2, 0.25) is 5.91 Å². The quantitative estimate of drug-likeness (QED) is 0.351. The van der Waals surface area contributed by atoms with E-state index in [-0.39, 0.29) is 42.7 Å². The molecule has 10 nitrogen and oxygen atoms in total. The number of carbonyl (C=O) groups is 2. The van der Waals surface area contributed by atoms with Gasteiger partial charge in [-0.15, -0.1) is 0 Å². The Hall–Kier alpha value is -1.97. The number of carbonyl (C=O) groups excluding carboxylic acids is 2. The number of fused-ring (bicyclic) bond motifs is 2. The maximum atomic E-state index is 13.0. The fourth-order valence-electron chi connectivity index (χ4n) is 6.44. The third-order valence-electron chi connectivity index (χ3n) is 8.52. The zero-order valence-corrected chi connectivity index (χ0v) is 28.2. The van der Waals surface area contributed by atoms with Crippen LogP contribution in [0.2, 0.25) is 0 Å². The van der Waals surface area contributed by atoms with Crippen molar-refractivity contribution in [2.45, 2.75) is 91.3 Å². The van der Waals surface area contributed by atoms with Gasteiger partial charge in [0.05, 0.1) is 25.0 Å². The van der Waals surface area contributed by atoms with Crippen LogP contribution in [0.3, 0.4) is 0 Å². The van der Waals surface area contributed by atoms with Crippen LogP contribution in [-0.2, 0) is 28.6 Å². The monoisotopic (exact) mass is 623 g/mol. The Morgan fingerprint density at radius 3 is 2.16 bits per heavy atom. The second-order valence-electron chi connectivity index (χ2n) is 12.6. The lowest BCUT2D eigenvalue weighted by Gasteiger charge is -2.42. The highest BCUT2D eigenvalue weighted by atomic mass is 31.2. The minimum absolute atomic E-state index is 0.107. The number of rotatable bonds is 9. The molecular weight excluding hydrogens is 569 g/mol. The van der Waals surface area contributed by atoms with Crippen LogP contribution in [0.5, 0.6) is 0 Å². The number of benzene rings is 1. The number of aliphatic hydroxyl groups excluding tert-OH is 1. The fraction of sp³-hybridized carbons (Fsp3) is 0.750. The summed E-state index contributed by atoms with van der Waals surface area (Å²) >= 11 is 0. The van der Waals surface area contributed by atoms with Gasteiger partial charge in [-0.05, 0) is 90.9 Å². The first-order valence-corrected chi connectivity index (χ1v) is 17.8. The Morgan fingerprint density at radius 1 is 1.02 bits per heavy atom. The second-order valence-corrected chi connectivity index (χ2v) is 14.6. The van der Waals surface area contributed by atoms with E-state index in [0.717, 1.165) is 31.6 Å². The topological polar surface area (TPSA) is 109 Å². The summed E-state index contributed by atoms with van der Waals surface area (Å²) in [6.45, 7) is 17.5. The van der Waals surface area contributed by atoms with Crippen LogP contribution in [0.1, 0.15) is 79.7 Å². The molecule has 43 heavy (non-hydrogen) atoms. The molecule has 1 unspecified atom stereocenters. The predicted octanol–water partition coefficient (Wildman–Crippen LogP) is 5.67. The molecule has 2 amide bonds. The second kappa shape index (κ2) is 15.3. The molecule has 1 spiro atoms. The molecule has 1 N–H and O–H groups in total. The van der Waals surface area contributed by atoms with E-state index in [1.165, 1.54) is 5.56 Å². The molecule has 2 fully saturated rings. The van der Waals surface area contributed by atoms with Gasteiger partial charge in [-0.1, -0.05) is 32.0 Å². The number of amides is 2.